The summed E-state index contributed by atoms with van der Waals surface area (Å²) in [4.78, 5) is 10.8. The van der Waals surface area contributed by atoms with Gasteiger partial charge in [0.15, 0.2) is 0 Å². The summed E-state index contributed by atoms with van der Waals surface area (Å²) in [5, 5.41) is 6.37. The molecule has 0 amide bonds. The SMILES string of the molecule is CCN(CCNC)c1cc(OC)c(Nc2ncc(C)cn2)cc1OC. The number of methoxy groups -OCH3 is 2. The number of nitrogens with zero attached hydrogens (tertiary/aromatic N) is 3. The molecule has 2 N–H and O–H groups in total. The predicted molar refractivity (Wildman–Crippen MR) is 101 cm³/mol. The van der Waals surface area contributed by atoms with Gasteiger partial charge in [-0.2, -0.15) is 0 Å². The van der Waals surface area contributed by atoms with Gasteiger partial charge in [0.05, 0.1) is 25.6 Å². The first-order chi connectivity index (χ1) is 12.1. The van der Waals surface area contributed by atoms with Gasteiger partial charge in [-0.25, -0.2) is 9.97 Å². The average molecular weight is 345 g/mol. The largest absolute Gasteiger partial charge is 0.494 e. The van der Waals surface area contributed by atoms with Crippen LogP contribution in [0.5, 0.6) is 11.5 Å². The van der Waals surface area contributed by atoms with Crippen molar-refractivity contribution in [1.29, 1.82) is 0 Å². The Labute approximate surface area is 149 Å². The Morgan fingerprint density at radius 2 is 1.76 bits per heavy atom. The van der Waals surface area contributed by atoms with Crippen molar-refractivity contribution in [2.24, 2.45) is 0 Å². The summed E-state index contributed by atoms with van der Waals surface area (Å²) in [5.74, 6) is 2.00. The highest BCUT2D eigenvalue weighted by Gasteiger charge is 2.16. The van der Waals surface area contributed by atoms with Crippen LogP contribution < -0.4 is 25.0 Å². The Morgan fingerprint density at radius 1 is 1.08 bits per heavy atom. The maximum atomic E-state index is 5.61. The number of anilines is 3. The van der Waals surface area contributed by atoms with Crippen molar-refractivity contribution in [2.45, 2.75) is 13.8 Å². The van der Waals surface area contributed by atoms with Crippen LogP contribution in [0.2, 0.25) is 0 Å². The molecule has 136 valence electrons. The van der Waals surface area contributed by atoms with Crippen molar-refractivity contribution in [3.05, 3.63) is 30.1 Å². The smallest absolute Gasteiger partial charge is 0.227 e. The van der Waals surface area contributed by atoms with Crippen molar-refractivity contribution in [3.8, 4) is 11.5 Å². The number of aryl methyl sites for hydroxylation is 1. The standard InChI is InChI=1S/C18H27N5O2/c1-6-23(8-7-19-3)15-10-16(24-4)14(9-17(15)25-5)22-18-20-11-13(2)12-21-18/h9-12,19H,6-8H2,1-5H3,(H,20,21,22). The zero-order valence-corrected chi connectivity index (χ0v) is 15.6. The van der Waals surface area contributed by atoms with E-state index in [9.17, 15) is 0 Å². The molecule has 7 heteroatoms. The van der Waals surface area contributed by atoms with E-state index in [0.29, 0.717) is 11.7 Å². The molecule has 2 aromatic rings. The fourth-order valence-corrected chi connectivity index (χ4v) is 2.50. The minimum absolute atomic E-state index is 0.515. The lowest BCUT2D eigenvalue weighted by Gasteiger charge is -2.26. The molecular formula is C18H27N5O2. The molecule has 0 saturated heterocycles. The molecule has 7 nitrogen and oxygen atoms in total. The average Bonchev–Trinajstić information content (AvgIpc) is 2.64. The van der Waals surface area contributed by atoms with Gasteiger partial charge in [-0.05, 0) is 26.5 Å². The third-order valence-electron chi connectivity index (χ3n) is 3.88. The summed E-state index contributed by atoms with van der Waals surface area (Å²) in [7, 11) is 5.26. The second kappa shape index (κ2) is 9.08. The summed E-state index contributed by atoms with van der Waals surface area (Å²) >= 11 is 0. The second-order valence-electron chi connectivity index (χ2n) is 5.62. The van der Waals surface area contributed by atoms with Gasteiger partial charge in [-0.3, -0.25) is 0 Å². The number of aromatic nitrogens is 2. The van der Waals surface area contributed by atoms with E-state index >= 15 is 0 Å². The molecule has 0 aliphatic rings. The molecule has 2 rings (SSSR count). The van der Waals surface area contributed by atoms with E-state index in [1.165, 1.54) is 0 Å². The van der Waals surface area contributed by atoms with Crippen LogP contribution in [0.25, 0.3) is 0 Å². The Morgan fingerprint density at radius 3 is 2.32 bits per heavy atom. The fraction of sp³-hybridized carbons (Fsp3) is 0.444. The summed E-state index contributed by atoms with van der Waals surface area (Å²) < 4.78 is 11.2. The highest BCUT2D eigenvalue weighted by atomic mass is 16.5. The lowest BCUT2D eigenvalue weighted by Crippen LogP contribution is -2.30. The molecule has 0 aliphatic heterocycles. The van der Waals surface area contributed by atoms with Crippen molar-refractivity contribution in [1.82, 2.24) is 15.3 Å². The van der Waals surface area contributed by atoms with Crippen molar-refractivity contribution in [3.63, 3.8) is 0 Å². The minimum Gasteiger partial charge on any atom is -0.494 e. The molecule has 0 aliphatic carbocycles. The van der Waals surface area contributed by atoms with E-state index in [4.69, 9.17) is 9.47 Å². The first-order valence-electron chi connectivity index (χ1n) is 8.34. The summed E-state index contributed by atoms with van der Waals surface area (Å²) in [5.41, 5.74) is 2.76. The lowest BCUT2D eigenvalue weighted by atomic mass is 10.2. The van der Waals surface area contributed by atoms with Gasteiger partial charge >= 0.3 is 0 Å². The van der Waals surface area contributed by atoms with Crippen LogP contribution in [-0.2, 0) is 0 Å². The highest BCUT2D eigenvalue weighted by Crippen LogP contribution is 2.39. The third kappa shape index (κ3) is 4.73. The zero-order chi connectivity index (χ0) is 18.2. The molecular weight excluding hydrogens is 318 g/mol. The molecule has 0 radical (unpaired) electrons. The summed E-state index contributed by atoms with van der Waals surface area (Å²) in [6.07, 6.45) is 3.54. The molecule has 0 saturated carbocycles. The Bertz CT molecular complexity index is 676. The fourth-order valence-electron chi connectivity index (χ4n) is 2.50. The number of hydrogen-bond donors (Lipinski definition) is 2. The molecule has 0 bridgehead atoms. The van der Waals surface area contributed by atoms with E-state index in [-0.39, 0.29) is 0 Å². The Kier molecular flexibility index (Phi) is 6.82. The molecule has 1 aromatic carbocycles. The number of benzene rings is 1. The lowest BCUT2D eigenvalue weighted by molar-refractivity contribution is 0.404. The van der Waals surface area contributed by atoms with E-state index in [2.05, 4.69) is 32.4 Å². The van der Waals surface area contributed by atoms with E-state index < -0.39 is 0 Å². The van der Waals surface area contributed by atoms with Crippen LogP contribution in [0.4, 0.5) is 17.3 Å². The summed E-state index contributed by atoms with van der Waals surface area (Å²) in [6.45, 7) is 6.70. The van der Waals surface area contributed by atoms with Gasteiger partial charge in [0.2, 0.25) is 5.95 Å². The van der Waals surface area contributed by atoms with Crippen LogP contribution in [0.15, 0.2) is 24.5 Å². The van der Waals surface area contributed by atoms with Gasteiger partial charge < -0.3 is 25.0 Å². The topological polar surface area (TPSA) is 71.5 Å². The van der Waals surface area contributed by atoms with Gasteiger partial charge in [0.25, 0.3) is 0 Å². The van der Waals surface area contributed by atoms with E-state index in [1.807, 2.05) is 26.1 Å². The predicted octanol–water partition coefficient (Wildman–Crippen LogP) is 2.59. The number of hydrogen-bond acceptors (Lipinski definition) is 7. The van der Waals surface area contributed by atoms with Crippen LogP contribution in [0.3, 0.4) is 0 Å². The van der Waals surface area contributed by atoms with Crippen molar-refractivity contribution < 1.29 is 9.47 Å². The van der Waals surface area contributed by atoms with Crippen LogP contribution in [0.1, 0.15) is 12.5 Å². The van der Waals surface area contributed by atoms with E-state index in [0.717, 1.165) is 42.3 Å². The Hall–Kier alpha value is -2.54. The maximum absolute atomic E-state index is 5.61. The maximum Gasteiger partial charge on any atom is 0.227 e. The molecule has 0 atom stereocenters. The molecule has 0 fully saturated rings. The normalized spacial score (nSPS) is 10.4. The summed E-state index contributed by atoms with van der Waals surface area (Å²) in [6, 6.07) is 3.90. The molecule has 0 unspecified atom stereocenters. The minimum atomic E-state index is 0.515. The third-order valence-corrected chi connectivity index (χ3v) is 3.88. The number of rotatable bonds is 9. The highest BCUT2D eigenvalue weighted by molar-refractivity contribution is 5.74. The zero-order valence-electron chi connectivity index (χ0n) is 15.6. The van der Waals surface area contributed by atoms with E-state index in [1.54, 1.807) is 26.6 Å². The second-order valence-corrected chi connectivity index (χ2v) is 5.62. The monoisotopic (exact) mass is 345 g/mol. The van der Waals surface area contributed by atoms with Crippen molar-refractivity contribution in [2.75, 3.05) is 51.1 Å². The van der Waals surface area contributed by atoms with Crippen LogP contribution >= 0.6 is 0 Å². The molecule has 0 spiro atoms. The van der Waals surface area contributed by atoms with Gasteiger partial charge in [-0.15, -0.1) is 0 Å². The first kappa shape index (κ1) is 18.8. The first-order valence-corrected chi connectivity index (χ1v) is 8.34. The van der Waals surface area contributed by atoms with Crippen molar-refractivity contribution >= 4 is 17.3 Å². The quantitative estimate of drug-likeness (QED) is 0.724. The van der Waals surface area contributed by atoms with Gasteiger partial charge in [-0.1, -0.05) is 0 Å². The molecule has 25 heavy (non-hydrogen) atoms. The van der Waals surface area contributed by atoms with Crippen LogP contribution in [-0.4, -0.2) is 50.9 Å². The number of likely N-dealkylation sites (N-methyl/N-ethyl adjacent to an activating group) is 2. The van der Waals surface area contributed by atoms with Gasteiger partial charge in [0.1, 0.15) is 11.5 Å². The number of nitrogens with one attached hydrogen (secondary N) is 2. The molecule has 1 heterocycles. The van der Waals surface area contributed by atoms with Crippen LogP contribution in [0, 0.1) is 6.92 Å². The number of ether oxygens (including phenoxy) is 2. The molecule has 1 aromatic heterocycles. The van der Waals surface area contributed by atoms with Gasteiger partial charge in [0, 0.05) is 44.2 Å². The Balaban J connectivity index is 2.36.